The van der Waals surface area contributed by atoms with Crippen molar-refractivity contribution in [2.24, 2.45) is 0 Å². The number of pyridine rings is 1. The van der Waals surface area contributed by atoms with E-state index in [1.54, 1.807) is 24.4 Å². The van der Waals surface area contributed by atoms with Gasteiger partial charge in [0.05, 0.1) is 5.39 Å². The molecule has 0 fully saturated rings. The van der Waals surface area contributed by atoms with Crippen molar-refractivity contribution in [3.63, 3.8) is 0 Å². The van der Waals surface area contributed by atoms with Gasteiger partial charge in [-0.1, -0.05) is 36.4 Å². The molecular weight excluding hydrogens is 226 g/mol. The highest BCUT2D eigenvalue weighted by molar-refractivity contribution is 5.99. The van der Waals surface area contributed by atoms with E-state index in [1.165, 1.54) is 0 Å². The molecule has 0 aliphatic carbocycles. The van der Waals surface area contributed by atoms with Gasteiger partial charge in [-0.2, -0.15) is 0 Å². The summed E-state index contributed by atoms with van der Waals surface area (Å²) in [6, 6.07) is 14.6. The molecule has 2 aromatic carbocycles. The average molecular weight is 237 g/mol. The number of hydrogen-bond acceptors (Lipinski definition) is 2. The third-order valence-corrected chi connectivity index (χ3v) is 2.99. The van der Waals surface area contributed by atoms with E-state index in [-0.39, 0.29) is 11.3 Å². The fourth-order valence-electron chi connectivity index (χ4n) is 2.15. The summed E-state index contributed by atoms with van der Waals surface area (Å²) in [6.45, 7) is 0. The summed E-state index contributed by atoms with van der Waals surface area (Å²) in [6.07, 6.45) is 1.64. The molecule has 0 saturated heterocycles. The molecule has 0 amide bonds. The van der Waals surface area contributed by atoms with Gasteiger partial charge in [-0.3, -0.25) is 4.79 Å². The Kier molecular flexibility index (Phi) is 2.38. The molecule has 0 aliphatic heterocycles. The van der Waals surface area contributed by atoms with Crippen molar-refractivity contribution in [3.05, 3.63) is 65.1 Å². The Labute approximate surface area is 103 Å². The van der Waals surface area contributed by atoms with Crippen LogP contribution in [0.5, 0.6) is 5.75 Å². The summed E-state index contributed by atoms with van der Waals surface area (Å²) in [5.41, 5.74) is 1.59. The molecule has 1 heterocycles. The maximum absolute atomic E-state index is 11.7. The van der Waals surface area contributed by atoms with Gasteiger partial charge in [0.25, 0.3) is 5.56 Å². The normalized spacial score (nSPS) is 10.7. The molecule has 3 rings (SSSR count). The van der Waals surface area contributed by atoms with Crippen LogP contribution in [0.15, 0.2) is 59.5 Å². The quantitative estimate of drug-likeness (QED) is 0.683. The zero-order valence-electron chi connectivity index (χ0n) is 9.55. The predicted molar refractivity (Wildman–Crippen MR) is 71.7 cm³/mol. The van der Waals surface area contributed by atoms with Crippen LogP contribution in [0.3, 0.4) is 0 Å². The molecule has 88 valence electrons. The highest BCUT2D eigenvalue weighted by atomic mass is 16.3. The Morgan fingerprint density at radius 2 is 1.72 bits per heavy atom. The highest BCUT2D eigenvalue weighted by Crippen LogP contribution is 2.32. The molecule has 3 heteroatoms. The maximum atomic E-state index is 11.7. The molecule has 0 atom stereocenters. The second-order valence-electron chi connectivity index (χ2n) is 4.10. The topological polar surface area (TPSA) is 53.1 Å². The zero-order chi connectivity index (χ0) is 12.5. The SMILES string of the molecule is O=c1[nH]cc(-c2ccccc2)c2c(O)cccc12. The number of benzene rings is 2. The van der Waals surface area contributed by atoms with E-state index in [4.69, 9.17) is 0 Å². The minimum Gasteiger partial charge on any atom is -0.507 e. The standard InChI is InChI=1S/C15H11NO2/c17-13-8-4-7-11-14(13)12(9-16-15(11)18)10-5-2-1-3-6-10/h1-9,17H,(H,16,18). The van der Waals surface area contributed by atoms with Gasteiger partial charge in [-0.05, 0) is 17.7 Å². The first-order valence-electron chi connectivity index (χ1n) is 5.66. The number of phenolic OH excluding ortho intramolecular Hbond substituents is 1. The molecule has 0 saturated carbocycles. The molecule has 2 N–H and O–H groups in total. The van der Waals surface area contributed by atoms with Crippen molar-refractivity contribution in [1.82, 2.24) is 4.98 Å². The summed E-state index contributed by atoms with van der Waals surface area (Å²) >= 11 is 0. The molecule has 0 radical (unpaired) electrons. The number of rotatable bonds is 1. The zero-order valence-corrected chi connectivity index (χ0v) is 9.55. The van der Waals surface area contributed by atoms with Gasteiger partial charge in [0, 0.05) is 17.1 Å². The first-order chi connectivity index (χ1) is 8.77. The lowest BCUT2D eigenvalue weighted by Gasteiger charge is -2.07. The van der Waals surface area contributed by atoms with Crippen LogP contribution in [-0.2, 0) is 0 Å². The number of aromatic hydroxyl groups is 1. The summed E-state index contributed by atoms with van der Waals surface area (Å²) in [7, 11) is 0. The molecule has 3 aromatic rings. The van der Waals surface area contributed by atoms with E-state index in [9.17, 15) is 9.90 Å². The van der Waals surface area contributed by atoms with E-state index in [0.29, 0.717) is 10.8 Å². The van der Waals surface area contributed by atoms with Crippen LogP contribution in [0.4, 0.5) is 0 Å². The minimum absolute atomic E-state index is 0.123. The Hall–Kier alpha value is -2.55. The van der Waals surface area contributed by atoms with E-state index < -0.39 is 0 Å². The van der Waals surface area contributed by atoms with Crippen molar-refractivity contribution >= 4 is 10.8 Å². The fraction of sp³-hybridized carbons (Fsp3) is 0. The Balaban J connectivity index is 2.45. The third kappa shape index (κ3) is 1.57. The summed E-state index contributed by atoms with van der Waals surface area (Å²) in [5, 5.41) is 11.1. The van der Waals surface area contributed by atoms with E-state index in [2.05, 4.69) is 4.98 Å². The molecule has 0 aliphatic rings. The lowest BCUT2D eigenvalue weighted by Crippen LogP contribution is -2.05. The van der Waals surface area contributed by atoms with Gasteiger partial charge in [-0.25, -0.2) is 0 Å². The van der Waals surface area contributed by atoms with Crippen molar-refractivity contribution in [2.45, 2.75) is 0 Å². The molecule has 18 heavy (non-hydrogen) atoms. The second-order valence-corrected chi connectivity index (χ2v) is 4.10. The number of hydrogen-bond donors (Lipinski definition) is 2. The first kappa shape index (κ1) is 10.6. The van der Waals surface area contributed by atoms with E-state index in [0.717, 1.165) is 11.1 Å². The lowest BCUT2D eigenvalue weighted by atomic mass is 10.0. The van der Waals surface area contributed by atoms with Crippen LogP contribution in [0.25, 0.3) is 21.9 Å². The summed E-state index contributed by atoms with van der Waals surface area (Å²) in [4.78, 5) is 14.4. The molecular formula is C15H11NO2. The van der Waals surface area contributed by atoms with Crippen LogP contribution in [0.2, 0.25) is 0 Å². The van der Waals surface area contributed by atoms with E-state index >= 15 is 0 Å². The predicted octanol–water partition coefficient (Wildman–Crippen LogP) is 2.90. The van der Waals surface area contributed by atoms with Crippen molar-refractivity contribution in [2.75, 3.05) is 0 Å². The summed E-state index contributed by atoms with van der Waals surface area (Å²) < 4.78 is 0. The molecule has 0 unspecified atom stereocenters. The van der Waals surface area contributed by atoms with Gasteiger partial charge >= 0.3 is 0 Å². The second kappa shape index (κ2) is 4.04. The van der Waals surface area contributed by atoms with E-state index in [1.807, 2.05) is 30.3 Å². The van der Waals surface area contributed by atoms with Crippen LogP contribution in [0, 0.1) is 0 Å². The highest BCUT2D eigenvalue weighted by Gasteiger charge is 2.09. The van der Waals surface area contributed by atoms with Gasteiger partial charge in [0.1, 0.15) is 5.75 Å². The van der Waals surface area contributed by atoms with Gasteiger partial charge in [-0.15, -0.1) is 0 Å². The average Bonchev–Trinajstić information content (AvgIpc) is 2.41. The fourth-order valence-corrected chi connectivity index (χ4v) is 2.15. The first-order valence-corrected chi connectivity index (χ1v) is 5.66. The Morgan fingerprint density at radius 3 is 2.50 bits per heavy atom. The Morgan fingerprint density at radius 1 is 0.944 bits per heavy atom. The lowest BCUT2D eigenvalue weighted by molar-refractivity contribution is 0.481. The number of aromatic amines is 1. The number of phenols is 1. The smallest absolute Gasteiger partial charge is 0.255 e. The summed E-state index contributed by atoms with van der Waals surface area (Å²) in [5.74, 6) is 0.123. The molecule has 0 bridgehead atoms. The third-order valence-electron chi connectivity index (χ3n) is 2.99. The number of nitrogens with one attached hydrogen (secondary N) is 1. The molecule has 3 nitrogen and oxygen atoms in total. The largest absolute Gasteiger partial charge is 0.507 e. The number of H-pyrrole nitrogens is 1. The number of aromatic nitrogens is 1. The van der Waals surface area contributed by atoms with Crippen LogP contribution in [0.1, 0.15) is 0 Å². The minimum atomic E-state index is -0.194. The van der Waals surface area contributed by atoms with Gasteiger partial charge in [0.15, 0.2) is 0 Å². The van der Waals surface area contributed by atoms with Crippen molar-refractivity contribution in [1.29, 1.82) is 0 Å². The van der Waals surface area contributed by atoms with Crippen molar-refractivity contribution < 1.29 is 5.11 Å². The van der Waals surface area contributed by atoms with Crippen LogP contribution in [-0.4, -0.2) is 10.1 Å². The van der Waals surface area contributed by atoms with Gasteiger partial charge in [0.2, 0.25) is 0 Å². The Bertz CT molecular complexity index is 760. The van der Waals surface area contributed by atoms with Crippen molar-refractivity contribution in [3.8, 4) is 16.9 Å². The maximum Gasteiger partial charge on any atom is 0.255 e. The van der Waals surface area contributed by atoms with Crippen LogP contribution < -0.4 is 5.56 Å². The molecule has 0 spiro atoms. The monoisotopic (exact) mass is 237 g/mol. The molecule has 1 aromatic heterocycles. The van der Waals surface area contributed by atoms with Crippen LogP contribution >= 0.6 is 0 Å². The van der Waals surface area contributed by atoms with Gasteiger partial charge < -0.3 is 10.1 Å². The number of fused-ring (bicyclic) bond motifs is 1.